The zero-order chi connectivity index (χ0) is 24.8. The lowest BCUT2D eigenvalue weighted by Crippen LogP contribution is -2.30. The van der Waals surface area contributed by atoms with Gasteiger partial charge in [-0.1, -0.05) is 11.6 Å². The normalized spacial score (nSPS) is 11.8. The lowest BCUT2D eigenvalue weighted by atomic mass is 10.0. The van der Waals surface area contributed by atoms with Crippen LogP contribution in [-0.4, -0.2) is 44.7 Å². The molecule has 0 aliphatic heterocycles. The molecule has 3 rings (SSSR count). The number of nitrogens with two attached hydrogens (primary N) is 1. The highest BCUT2D eigenvalue weighted by atomic mass is 35.5. The molecule has 180 valence electrons. The fourth-order valence-electron chi connectivity index (χ4n) is 3.27. The number of hydrogen-bond donors (Lipinski definition) is 4. The first-order chi connectivity index (χ1) is 16.2. The number of rotatable bonds is 10. The highest BCUT2D eigenvalue weighted by molar-refractivity contribution is 6.30. The van der Waals surface area contributed by atoms with Crippen LogP contribution in [-0.2, 0) is 6.54 Å². The predicted molar refractivity (Wildman–Crippen MR) is 127 cm³/mol. The Morgan fingerprint density at radius 1 is 1.32 bits per heavy atom. The summed E-state index contributed by atoms with van der Waals surface area (Å²) >= 11 is 5.86. The maximum atomic E-state index is 14.6. The molecule has 2 heterocycles. The second-order valence-corrected chi connectivity index (χ2v) is 8.08. The molecule has 10 nitrogen and oxygen atoms in total. The quantitative estimate of drug-likeness (QED) is 0.193. The molecule has 0 spiro atoms. The Hall–Kier alpha value is -3.70. The molecular formula is C22H24ClFN6O4. The van der Waals surface area contributed by atoms with Crippen LogP contribution < -0.4 is 16.4 Å². The van der Waals surface area contributed by atoms with Crippen LogP contribution in [0.5, 0.6) is 0 Å². The summed E-state index contributed by atoms with van der Waals surface area (Å²) in [7, 11) is 0. The average molecular weight is 491 g/mol. The third-order valence-electron chi connectivity index (χ3n) is 4.90. The number of benzene rings is 1. The molecule has 1 atom stereocenters. The number of amides is 1. The van der Waals surface area contributed by atoms with Crippen molar-refractivity contribution in [2.45, 2.75) is 26.0 Å². The first-order valence-corrected chi connectivity index (χ1v) is 10.8. The molecule has 12 heteroatoms. The van der Waals surface area contributed by atoms with E-state index in [-0.39, 0.29) is 34.2 Å². The maximum Gasteiger partial charge on any atom is 0.311 e. The smallest absolute Gasteiger partial charge is 0.311 e. The van der Waals surface area contributed by atoms with Gasteiger partial charge in [-0.15, -0.1) is 0 Å². The van der Waals surface area contributed by atoms with E-state index in [2.05, 4.69) is 15.6 Å². The Bertz CT molecular complexity index is 1200. The third-order valence-corrected chi connectivity index (χ3v) is 5.14. The number of nitrogen functional groups attached to an aromatic ring is 1. The molecular weight excluding hydrogens is 467 g/mol. The molecule has 0 radical (unpaired) electrons. The molecule has 0 fully saturated rings. The summed E-state index contributed by atoms with van der Waals surface area (Å²) in [4.78, 5) is 26.9. The second kappa shape index (κ2) is 10.9. The van der Waals surface area contributed by atoms with Crippen LogP contribution in [0.1, 0.15) is 23.7 Å². The van der Waals surface area contributed by atoms with Crippen molar-refractivity contribution < 1.29 is 19.2 Å². The van der Waals surface area contributed by atoms with E-state index >= 15 is 0 Å². The number of aromatic nitrogens is 2. The predicted octanol–water partition coefficient (Wildman–Crippen LogP) is 3.45. The molecule has 0 saturated heterocycles. The van der Waals surface area contributed by atoms with Crippen LogP contribution in [0.3, 0.4) is 0 Å². The number of hydrogen-bond acceptors (Lipinski definition) is 7. The number of pyridine rings is 1. The lowest BCUT2D eigenvalue weighted by Gasteiger charge is -2.08. The number of aliphatic hydroxyl groups excluding tert-OH is 1. The number of anilines is 2. The number of aliphatic hydroxyl groups is 1. The zero-order valence-electron chi connectivity index (χ0n) is 18.3. The van der Waals surface area contributed by atoms with Crippen LogP contribution in [0.2, 0.25) is 5.02 Å². The molecule has 0 aliphatic carbocycles. The largest absolute Gasteiger partial charge is 0.392 e. The van der Waals surface area contributed by atoms with E-state index < -0.39 is 22.8 Å². The van der Waals surface area contributed by atoms with E-state index in [1.165, 1.54) is 24.3 Å². The molecule has 0 aliphatic rings. The van der Waals surface area contributed by atoms with Crippen molar-refractivity contribution in [3.05, 3.63) is 69.2 Å². The van der Waals surface area contributed by atoms with Gasteiger partial charge in [0.1, 0.15) is 11.6 Å². The molecule has 1 amide bonds. The fourth-order valence-corrected chi connectivity index (χ4v) is 3.43. The molecule has 3 aromatic rings. The van der Waals surface area contributed by atoms with E-state index in [0.717, 1.165) is 0 Å². The van der Waals surface area contributed by atoms with Gasteiger partial charge in [0, 0.05) is 54.2 Å². The first kappa shape index (κ1) is 24.9. The summed E-state index contributed by atoms with van der Waals surface area (Å²) in [6.07, 6.45) is 3.16. The van der Waals surface area contributed by atoms with Crippen LogP contribution in [0, 0.1) is 15.9 Å². The number of carbonyl (C=O) groups excluding carboxylic acids is 1. The second-order valence-electron chi connectivity index (χ2n) is 7.64. The number of halogens is 2. The summed E-state index contributed by atoms with van der Waals surface area (Å²) in [5, 5.41) is 26.2. The van der Waals surface area contributed by atoms with E-state index in [0.29, 0.717) is 30.9 Å². The maximum absolute atomic E-state index is 14.6. The first-order valence-electron chi connectivity index (χ1n) is 10.4. The standard InChI is InChI=1S/C22H24ClFN6O4/c1-13(31)10-27-22(32)17-12-29(11-16(17)15-4-3-14(23)9-18(15)24)8-2-7-26-20-6-5-19(30(33)34)21(25)28-20/h3-6,9,11-13,31H,2,7-8,10H2,1H3,(H,27,32)(H3,25,26,28)/t13-/m1/s1. The van der Waals surface area contributed by atoms with Crippen molar-refractivity contribution in [2.75, 3.05) is 24.1 Å². The van der Waals surface area contributed by atoms with Crippen LogP contribution in [0.25, 0.3) is 11.1 Å². The Balaban J connectivity index is 1.72. The van der Waals surface area contributed by atoms with Gasteiger partial charge in [0.25, 0.3) is 5.91 Å². The van der Waals surface area contributed by atoms with Crippen molar-refractivity contribution >= 4 is 34.8 Å². The van der Waals surface area contributed by atoms with Gasteiger partial charge in [-0.25, -0.2) is 9.37 Å². The Kier molecular flexibility index (Phi) is 8.03. The number of carbonyl (C=O) groups is 1. The number of nitro groups is 1. The van der Waals surface area contributed by atoms with Crippen LogP contribution in [0.15, 0.2) is 42.7 Å². The van der Waals surface area contributed by atoms with E-state index in [9.17, 15) is 24.4 Å². The van der Waals surface area contributed by atoms with Crippen molar-refractivity contribution in [3.8, 4) is 11.1 Å². The van der Waals surface area contributed by atoms with Crippen molar-refractivity contribution in [3.63, 3.8) is 0 Å². The molecule has 0 bridgehead atoms. The van der Waals surface area contributed by atoms with Gasteiger partial charge in [0.2, 0.25) is 5.82 Å². The van der Waals surface area contributed by atoms with Crippen molar-refractivity contribution in [1.82, 2.24) is 14.9 Å². The summed E-state index contributed by atoms with van der Waals surface area (Å²) < 4.78 is 16.3. The minimum Gasteiger partial charge on any atom is -0.392 e. The van der Waals surface area contributed by atoms with Crippen molar-refractivity contribution in [2.24, 2.45) is 0 Å². The Morgan fingerprint density at radius 3 is 2.74 bits per heavy atom. The van der Waals surface area contributed by atoms with Gasteiger partial charge in [-0.05, 0) is 37.6 Å². The van der Waals surface area contributed by atoms with E-state index in [1.54, 1.807) is 30.0 Å². The van der Waals surface area contributed by atoms with Gasteiger partial charge < -0.3 is 26.0 Å². The minimum atomic E-state index is -0.727. The van der Waals surface area contributed by atoms with E-state index in [4.69, 9.17) is 17.3 Å². The monoisotopic (exact) mass is 490 g/mol. The number of nitrogens with one attached hydrogen (secondary N) is 2. The SMILES string of the molecule is C[C@@H](O)CNC(=O)c1cn(CCCNc2ccc([N+](=O)[O-])c(N)n2)cc1-c1ccc(Cl)cc1F. The van der Waals surface area contributed by atoms with Crippen molar-refractivity contribution in [1.29, 1.82) is 0 Å². The highest BCUT2D eigenvalue weighted by Crippen LogP contribution is 2.29. The van der Waals surface area contributed by atoms with Gasteiger partial charge in [0.05, 0.1) is 16.6 Å². The lowest BCUT2D eigenvalue weighted by molar-refractivity contribution is -0.384. The van der Waals surface area contributed by atoms with Gasteiger partial charge in [0.15, 0.2) is 0 Å². The number of nitrogens with zero attached hydrogens (tertiary/aromatic N) is 3. The third kappa shape index (κ3) is 6.21. The Morgan fingerprint density at radius 2 is 2.09 bits per heavy atom. The van der Waals surface area contributed by atoms with Crippen LogP contribution in [0.4, 0.5) is 21.7 Å². The average Bonchev–Trinajstić information content (AvgIpc) is 3.18. The molecule has 34 heavy (non-hydrogen) atoms. The topological polar surface area (TPSA) is 148 Å². The van der Waals surface area contributed by atoms with E-state index in [1.807, 2.05) is 0 Å². The van der Waals surface area contributed by atoms with Gasteiger partial charge >= 0.3 is 5.69 Å². The van der Waals surface area contributed by atoms with Gasteiger partial charge in [-0.3, -0.25) is 14.9 Å². The summed E-state index contributed by atoms with van der Waals surface area (Å²) in [6, 6.07) is 6.98. The van der Waals surface area contributed by atoms with Crippen LogP contribution >= 0.6 is 11.6 Å². The molecule has 0 unspecified atom stereocenters. The Labute approximate surface area is 199 Å². The molecule has 0 saturated carbocycles. The minimum absolute atomic E-state index is 0.0574. The fraction of sp³-hybridized carbons (Fsp3) is 0.273. The molecule has 1 aromatic carbocycles. The molecule has 2 aromatic heterocycles. The zero-order valence-corrected chi connectivity index (χ0v) is 19.1. The van der Waals surface area contributed by atoms with Gasteiger partial charge in [-0.2, -0.15) is 0 Å². The number of aryl methyl sites for hydroxylation is 1. The summed E-state index contributed by atoms with van der Waals surface area (Å²) in [5.41, 5.74) is 6.23. The highest BCUT2D eigenvalue weighted by Gasteiger charge is 2.19. The summed E-state index contributed by atoms with van der Waals surface area (Å²) in [6.45, 7) is 2.56. The summed E-state index contributed by atoms with van der Waals surface area (Å²) in [5.74, 6) is -0.772. The molecule has 5 N–H and O–H groups in total.